The molecule has 0 aliphatic rings. The Balaban J connectivity index is 1.54. The predicted octanol–water partition coefficient (Wildman–Crippen LogP) is 3.84. The number of carbonyl (C=O) groups is 1. The van der Waals surface area contributed by atoms with Crippen molar-refractivity contribution in [1.29, 1.82) is 0 Å². The van der Waals surface area contributed by atoms with Crippen molar-refractivity contribution in [3.63, 3.8) is 0 Å². The van der Waals surface area contributed by atoms with Crippen molar-refractivity contribution in [1.82, 2.24) is 9.97 Å². The number of nitro groups is 1. The molecule has 0 saturated heterocycles. The van der Waals surface area contributed by atoms with E-state index in [0.29, 0.717) is 10.8 Å². The minimum absolute atomic E-state index is 0.0265. The van der Waals surface area contributed by atoms with Crippen LogP contribution < -0.4 is 5.32 Å². The Morgan fingerprint density at radius 3 is 2.68 bits per heavy atom. The molecule has 126 valence electrons. The Hall–Kier alpha value is -2.78. The van der Waals surface area contributed by atoms with Crippen LogP contribution in [0.4, 0.5) is 10.8 Å². The number of carbonyl (C=O) groups excluding carboxylic acids is 1. The topological polar surface area (TPSA) is 98.0 Å². The molecular weight excluding hydrogens is 360 g/mol. The third-order valence-electron chi connectivity index (χ3n) is 3.10. The minimum atomic E-state index is -0.456. The van der Waals surface area contributed by atoms with Gasteiger partial charge in [0, 0.05) is 28.6 Å². The lowest BCUT2D eigenvalue weighted by Gasteiger charge is -2.02. The van der Waals surface area contributed by atoms with E-state index in [4.69, 9.17) is 0 Å². The monoisotopic (exact) mass is 372 g/mol. The molecule has 2 heterocycles. The fraction of sp³-hybridized carbons (Fsp3) is 0.0625. The van der Waals surface area contributed by atoms with Gasteiger partial charge in [0.25, 0.3) is 5.69 Å². The second kappa shape index (κ2) is 7.86. The van der Waals surface area contributed by atoms with E-state index < -0.39 is 4.92 Å². The zero-order valence-electron chi connectivity index (χ0n) is 12.8. The van der Waals surface area contributed by atoms with Gasteiger partial charge in [-0.25, -0.2) is 4.98 Å². The average Bonchev–Trinajstić information content (AvgIpc) is 3.09. The van der Waals surface area contributed by atoms with Crippen LogP contribution in [0.2, 0.25) is 0 Å². The summed E-state index contributed by atoms with van der Waals surface area (Å²) in [6, 6.07) is 11.6. The molecule has 0 unspecified atom stereocenters. The van der Waals surface area contributed by atoms with E-state index in [-0.39, 0.29) is 17.3 Å². The van der Waals surface area contributed by atoms with Crippen LogP contribution in [0, 0.1) is 10.1 Å². The van der Waals surface area contributed by atoms with Gasteiger partial charge in [-0.15, -0.1) is 23.1 Å². The van der Waals surface area contributed by atoms with E-state index in [0.717, 1.165) is 10.6 Å². The van der Waals surface area contributed by atoms with Crippen molar-refractivity contribution in [3.05, 3.63) is 64.2 Å². The second-order valence-corrected chi connectivity index (χ2v) is 6.75. The highest BCUT2D eigenvalue weighted by atomic mass is 32.2. The molecule has 0 atom stereocenters. The van der Waals surface area contributed by atoms with Gasteiger partial charge >= 0.3 is 0 Å². The molecule has 0 fully saturated rings. The number of thiazole rings is 1. The second-order valence-electron chi connectivity index (χ2n) is 4.84. The summed E-state index contributed by atoms with van der Waals surface area (Å²) < 4.78 is 0. The molecule has 9 heteroatoms. The number of benzene rings is 1. The van der Waals surface area contributed by atoms with Crippen molar-refractivity contribution >= 4 is 39.8 Å². The van der Waals surface area contributed by atoms with Gasteiger partial charge in [-0.1, -0.05) is 6.07 Å². The largest absolute Gasteiger partial charge is 0.301 e. The van der Waals surface area contributed by atoms with Crippen LogP contribution in [0.25, 0.3) is 11.4 Å². The lowest BCUT2D eigenvalue weighted by molar-refractivity contribution is -0.384. The summed E-state index contributed by atoms with van der Waals surface area (Å²) in [5, 5.41) is 15.7. The third kappa shape index (κ3) is 4.61. The first-order chi connectivity index (χ1) is 12.1. The fourth-order valence-electron chi connectivity index (χ4n) is 1.93. The Morgan fingerprint density at radius 1 is 1.20 bits per heavy atom. The molecule has 1 aromatic carbocycles. The van der Waals surface area contributed by atoms with Gasteiger partial charge in [0.2, 0.25) is 5.91 Å². The maximum absolute atomic E-state index is 12.0. The Morgan fingerprint density at radius 2 is 2.00 bits per heavy atom. The SMILES string of the molecule is O=C(CSc1ccc([N+](=O)[O-])cc1)Nc1nc(-c2ccccn2)cs1. The molecule has 0 radical (unpaired) electrons. The highest BCUT2D eigenvalue weighted by Gasteiger charge is 2.10. The van der Waals surface area contributed by atoms with Gasteiger partial charge in [0.1, 0.15) is 5.69 Å². The van der Waals surface area contributed by atoms with E-state index >= 15 is 0 Å². The first-order valence-corrected chi connectivity index (χ1v) is 9.02. The third-order valence-corrected chi connectivity index (χ3v) is 4.87. The van der Waals surface area contributed by atoms with Crippen molar-refractivity contribution in [3.8, 4) is 11.4 Å². The summed E-state index contributed by atoms with van der Waals surface area (Å²) in [7, 11) is 0. The van der Waals surface area contributed by atoms with Gasteiger partial charge < -0.3 is 5.32 Å². The zero-order chi connectivity index (χ0) is 17.6. The molecule has 7 nitrogen and oxygen atoms in total. The molecule has 25 heavy (non-hydrogen) atoms. The van der Waals surface area contributed by atoms with Crippen molar-refractivity contribution in [2.45, 2.75) is 4.90 Å². The minimum Gasteiger partial charge on any atom is -0.301 e. The number of hydrogen-bond acceptors (Lipinski definition) is 7. The number of rotatable bonds is 6. The van der Waals surface area contributed by atoms with E-state index in [1.165, 1.54) is 35.2 Å². The van der Waals surface area contributed by atoms with Crippen LogP contribution in [0.1, 0.15) is 0 Å². The lowest BCUT2D eigenvalue weighted by atomic mass is 10.3. The highest BCUT2D eigenvalue weighted by molar-refractivity contribution is 8.00. The average molecular weight is 372 g/mol. The number of anilines is 1. The summed E-state index contributed by atoms with van der Waals surface area (Å²) >= 11 is 2.63. The Labute approximate surface area is 151 Å². The molecule has 1 N–H and O–H groups in total. The Kier molecular flexibility index (Phi) is 5.36. The molecule has 0 aliphatic carbocycles. The van der Waals surface area contributed by atoms with Crippen LogP contribution in [0.5, 0.6) is 0 Å². The van der Waals surface area contributed by atoms with Crippen LogP contribution >= 0.6 is 23.1 Å². The molecule has 0 spiro atoms. The van der Waals surface area contributed by atoms with Gasteiger partial charge in [-0.3, -0.25) is 19.9 Å². The molecule has 0 aliphatic heterocycles. The summed E-state index contributed by atoms with van der Waals surface area (Å²) in [5.74, 6) is 0.00122. The smallest absolute Gasteiger partial charge is 0.269 e. The molecule has 0 saturated carbocycles. The molecule has 3 rings (SSSR count). The standard InChI is InChI=1S/C16H12N4O3S2/c21-15(10-24-12-6-4-11(5-7-12)20(22)23)19-16-18-14(9-25-16)13-3-1-2-8-17-13/h1-9H,10H2,(H,18,19,21). The van der Waals surface area contributed by atoms with Gasteiger partial charge in [-0.05, 0) is 24.3 Å². The molecule has 3 aromatic rings. The summed E-state index contributed by atoms with van der Waals surface area (Å²) in [6.07, 6.45) is 1.69. The summed E-state index contributed by atoms with van der Waals surface area (Å²) in [6.45, 7) is 0. The number of nitro benzene ring substituents is 1. The Bertz CT molecular complexity index is 882. The van der Waals surface area contributed by atoms with Crippen LogP contribution in [0.3, 0.4) is 0 Å². The molecule has 1 amide bonds. The predicted molar refractivity (Wildman–Crippen MR) is 97.8 cm³/mol. The molecule has 2 aromatic heterocycles. The van der Waals surface area contributed by atoms with Crippen molar-refractivity contribution in [2.24, 2.45) is 0 Å². The maximum Gasteiger partial charge on any atom is 0.269 e. The number of amides is 1. The summed E-state index contributed by atoms with van der Waals surface area (Å²) in [5.41, 5.74) is 1.49. The zero-order valence-corrected chi connectivity index (χ0v) is 14.4. The number of nitrogens with one attached hydrogen (secondary N) is 1. The number of hydrogen-bond donors (Lipinski definition) is 1. The summed E-state index contributed by atoms with van der Waals surface area (Å²) in [4.78, 5) is 31.5. The highest BCUT2D eigenvalue weighted by Crippen LogP contribution is 2.24. The van der Waals surface area contributed by atoms with Gasteiger partial charge in [0.05, 0.1) is 16.4 Å². The van der Waals surface area contributed by atoms with E-state index in [1.54, 1.807) is 18.3 Å². The molecular formula is C16H12N4O3S2. The number of thioether (sulfide) groups is 1. The van der Waals surface area contributed by atoms with Gasteiger partial charge in [0.15, 0.2) is 5.13 Å². The number of non-ortho nitro benzene ring substituents is 1. The first-order valence-electron chi connectivity index (χ1n) is 7.16. The lowest BCUT2D eigenvalue weighted by Crippen LogP contribution is -2.13. The number of pyridine rings is 1. The number of aromatic nitrogens is 2. The van der Waals surface area contributed by atoms with Gasteiger partial charge in [-0.2, -0.15) is 0 Å². The van der Waals surface area contributed by atoms with Crippen LogP contribution in [-0.2, 0) is 4.79 Å². The fourth-order valence-corrected chi connectivity index (χ4v) is 3.35. The quantitative estimate of drug-likeness (QED) is 0.401. The van der Waals surface area contributed by atoms with Crippen LogP contribution in [-0.4, -0.2) is 26.6 Å². The number of nitrogens with zero attached hydrogens (tertiary/aromatic N) is 3. The molecule has 0 bridgehead atoms. The normalized spacial score (nSPS) is 10.4. The first kappa shape index (κ1) is 17.1. The van der Waals surface area contributed by atoms with E-state index in [1.807, 2.05) is 23.6 Å². The van der Waals surface area contributed by atoms with Crippen molar-refractivity contribution < 1.29 is 9.72 Å². The van der Waals surface area contributed by atoms with E-state index in [2.05, 4.69) is 15.3 Å². The van der Waals surface area contributed by atoms with E-state index in [9.17, 15) is 14.9 Å². The van der Waals surface area contributed by atoms with Crippen molar-refractivity contribution in [2.75, 3.05) is 11.1 Å². The van der Waals surface area contributed by atoms with Crippen LogP contribution in [0.15, 0.2) is 58.9 Å². The maximum atomic E-state index is 12.0.